The van der Waals surface area contributed by atoms with Gasteiger partial charge in [-0.3, -0.25) is 0 Å². The highest BCUT2D eigenvalue weighted by molar-refractivity contribution is 7.80. The van der Waals surface area contributed by atoms with Gasteiger partial charge in [-0.2, -0.15) is 0 Å². The van der Waals surface area contributed by atoms with Gasteiger partial charge in [0.1, 0.15) is 5.76 Å². The molecule has 2 aromatic rings. The summed E-state index contributed by atoms with van der Waals surface area (Å²) in [5, 5.41) is 4.15. The van der Waals surface area contributed by atoms with Crippen LogP contribution in [0.25, 0.3) is 0 Å². The molecule has 0 radical (unpaired) electrons. The highest BCUT2D eigenvalue weighted by Gasteiger charge is 2.18. The summed E-state index contributed by atoms with van der Waals surface area (Å²) in [5.41, 5.74) is 2.27. The first-order chi connectivity index (χ1) is 12.2. The van der Waals surface area contributed by atoms with E-state index in [1.807, 2.05) is 12.1 Å². The van der Waals surface area contributed by atoms with E-state index in [4.69, 9.17) is 16.6 Å². The molecule has 0 saturated carbocycles. The van der Waals surface area contributed by atoms with E-state index in [0.29, 0.717) is 6.54 Å². The van der Waals surface area contributed by atoms with E-state index in [2.05, 4.69) is 41.4 Å². The Morgan fingerprint density at radius 1 is 1.20 bits per heavy atom. The number of piperidine rings is 1. The Kier molecular flexibility index (Phi) is 6.48. The van der Waals surface area contributed by atoms with Gasteiger partial charge in [-0.15, -0.1) is 0 Å². The van der Waals surface area contributed by atoms with Gasteiger partial charge in [0.15, 0.2) is 5.11 Å². The average molecular weight is 359 g/mol. The third-order valence-electron chi connectivity index (χ3n) is 4.78. The molecule has 0 unspecified atom stereocenters. The van der Waals surface area contributed by atoms with Crippen molar-refractivity contribution < 1.29 is 9.32 Å². The van der Waals surface area contributed by atoms with Crippen LogP contribution in [0.4, 0.5) is 5.69 Å². The minimum absolute atomic E-state index is 0.706. The summed E-state index contributed by atoms with van der Waals surface area (Å²) in [7, 11) is 0. The molecule has 0 amide bonds. The predicted octanol–water partition coefficient (Wildman–Crippen LogP) is 2.86. The lowest BCUT2D eigenvalue weighted by molar-refractivity contribution is -0.904. The van der Waals surface area contributed by atoms with Gasteiger partial charge in [-0.25, -0.2) is 0 Å². The highest BCUT2D eigenvalue weighted by Crippen LogP contribution is 2.12. The number of rotatable bonds is 6. The van der Waals surface area contributed by atoms with Crippen LogP contribution < -0.4 is 10.2 Å². The van der Waals surface area contributed by atoms with Crippen LogP contribution in [0.2, 0.25) is 0 Å². The maximum absolute atomic E-state index is 5.70. The largest absolute Gasteiger partial charge is 0.467 e. The first kappa shape index (κ1) is 18.0. The molecule has 4 nitrogen and oxygen atoms in total. The van der Waals surface area contributed by atoms with Gasteiger partial charge in [0.05, 0.1) is 39.0 Å². The van der Waals surface area contributed by atoms with Gasteiger partial charge in [0.2, 0.25) is 0 Å². The van der Waals surface area contributed by atoms with E-state index in [-0.39, 0.29) is 0 Å². The second-order valence-electron chi connectivity index (χ2n) is 6.86. The minimum atomic E-state index is 0.706. The predicted molar refractivity (Wildman–Crippen MR) is 106 cm³/mol. The Labute approximate surface area is 155 Å². The van der Waals surface area contributed by atoms with Gasteiger partial charge in [-0.1, -0.05) is 12.1 Å². The number of thiocarbonyl (C=S) groups is 1. The minimum Gasteiger partial charge on any atom is -0.467 e. The fourth-order valence-electron chi connectivity index (χ4n) is 3.36. The quantitative estimate of drug-likeness (QED) is 0.778. The Bertz CT molecular complexity index is 665. The lowest BCUT2D eigenvalue weighted by Gasteiger charge is -2.29. The van der Waals surface area contributed by atoms with E-state index >= 15 is 0 Å². The van der Waals surface area contributed by atoms with Crippen molar-refractivity contribution in [2.24, 2.45) is 0 Å². The van der Waals surface area contributed by atoms with Gasteiger partial charge < -0.3 is 19.5 Å². The molecule has 134 valence electrons. The number of nitrogens with one attached hydrogen (secondary N) is 2. The number of furan rings is 1. The molecule has 25 heavy (non-hydrogen) atoms. The Hall–Kier alpha value is -1.85. The molecule has 2 heterocycles. The van der Waals surface area contributed by atoms with E-state index in [9.17, 15) is 0 Å². The molecule has 1 saturated heterocycles. The van der Waals surface area contributed by atoms with E-state index < -0.39 is 0 Å². The highest BCUT2D eigenvalue weighted by atomic mass is 32.1. The van der Waals surface area contributed by atoms with Crippen LogP contribution in [-0.4, -0.2) is 36.2 Å². The molecule has 0 atom stereocenters. The number of hydrogen-bond acceptors (Lipinski definition) is 2. The fourth-order valence-corrected chi connectivity index (χ4v) is 3.64. The third kappa shape index (κ3) is 5.58. The molecule has 0 bridgehead atoms. The molecular weight excluding hydrogens is 330 g/mol. The van der Waals surface area contributed by atoms with E-state index in [1.54, 1.807) is 11.2 Å². The van der Waals surface area contributed by atoms with Crippen LogP contribution in [0, 0.1) is 6.92 Å². The Morgan fingerprint density at radius 3 is 2.76 bits per heavy atom. The number of anilines is 1. The van der Waals surface area contributed by atoms with Crippen LogP contribution in [0.15, 0.2) is 47.1 Å². The summed E-state index contributed by atoms with van der Waals surface area (Å²) in [6.07, 6.45) is 5.80. The molecule has 0 aliphatic carbocycles. The first-order valence-electron chi connectivity index (χ1n) is 9.19. The van der Waals surface area contributed by atoms with Crippen LogP contribution in [0.5, 0.6) is 0 Å². The van der Waals surface area contributed by atoms with E-state index in [1.165, 1.54) is 37.9 Å². The Balaban J connectivity index is 1.62. The Morgan fingerprint density at radius 2 is 2.04 bits per heavy atom. The van der Waals surface area contributed by atoms with Gasteiger partial charge >= 0.3 is 0 Å². The van der Waals surface area contributed by atoms with Crippen LogP contribution >= 0.6 is 12.2 Å². The van der Waals surface area contributed by atoms with E-state index in [0.717, 1.165) is 29.6 Å². The summed E-state index contributed by atoms with van der Waals surface area (Å²) in [6, 6.07) is 12.3. The van der Waals surface area contributed by atoms with Gasteiger partial charge in [-0.05, 0) is 68.2 Å². The number of aryl methyl sites for hydroxylation is 1. The molecule has 5 heteroatoms. The molecule has 1 aliphatic rings. The molecule has 1 aliphatic heterocycles. The molecule has 2 N–H and O–H groups in total. The summed E-state index contributed by atoms with van der Waals surface area (Å²) in [6.45, 7) is 7.43. The number of benzene rings is 1. The second kappa shape index (κ2) is 9.02. The van der Waals surface area contributed by atoms with Crippen molar-refractivity contribution in [3.63, 3.8) is 0 Å². The van der Waals surface area contributed by atoms with Crippen molar-refractivity contribution in [1.82, 2.24) is 4.90 Å². The zero-order valence-electron chi connectivity index (χ0n) is 15.0. The number of hydrogen-bond donors (Lipinski definition) is 2. The molecule has 0 spiro atoms. The summed E-state index contributed by atoms with van der Waals surface area (Å²) in [4.78, 5) is 3.91. The smallest absolute Gasteiger partial charge is 0.174 e. The molecule has 1 fully saturated rings. The van der Waals surface area contributed by atoms with Crippen molar-refractivity contribution >= 4 is 23.0 Å². The maximum Gasteiger partial charge on any atom is 0.174 e. The number of quaternary nitrogens is 1. The molecular formula is C20H28N3OS+. The summed E-state index contributed by atoms with van der Waals surface area (Å²) < 4.78 is 5.54. The monoisotopic (exact) mass is 358 g/mol. The average Bonchev–Trinajstić information content (AvgIpc) is 3.12. The second-order valence-corrected chi connectivity index (χ2v) is 7.25. The summed E-state index contributed by atoms with van der Waals surface area (Å²) in [5.74, 6) is 0.946. The first-order valence-corrected chi connectivity index (χ1v) is 9.60. The van der Waals surface area contributed by atoms with Crippen molar-refractivity contribution in [3.05, 3.63) is 54.0 Å². The lowest BCUT2D eigenvalue weighted by Crippen LogP contribution is -3.13. The normalized spacial score (nSPS) is 15.1. The zero-order valence-corrected chi connectivity index (χ0v) is 15.8. The van der Waals surface area contributed by atoms with Crippen molar-refractivity contribution in [2.45, 2.75) is 32.7 Å². The van der Waals surface area contributed by atoms with Gasteiger partial charge in [0.25, 0.3) is 0 Å². The lowest BCUT2D eigenvalue weighted by atomic mass is 10.1. The molecule has 3 rings (SSSR count). The standard InChI is InChI=1S/C20H27N3OS/c1-17-7-5-8-18(15-17)21-20(25)23(16-19-9-6-14-24-19)13-12-22-10-3-2-4-11-22/h5-9,14-15H,2-4,10-13,16H2,1H3,(H,21,25)/p+1. The van der Waals surface area contributed by atoms with Crippen molar-refractivity contribution in [1.29, 1.82) is 0 Å². The SMILES string of the molecule is Cc1cccc(NC(=S)N(CC[NH+]2CCCCC2)Cc2ccco2)c1. The summed E-state index contributed by atoms with van der Waals surface area (Å²) >= 11 is 5.70. The van der Waals surface area contributed by atoms with Crippen molar-refractivity contribution in [2.75, 3.05) is 31.5 Å². The zero-order chi connectivity index (χ0) is 17.5. The van der Waals surface area contributed by atoms with Crippen LogP contribution in [0.1, 0.15) is 30.6 Å². The van der Waals surface area contributed by atoms with Crippen molar-refractivity contribution in [3.8, 4) is 0 Å². The topological polar surface area (TPSA) is 32.9 Å². The van der Waals surface area contributed by atoms with Crippen LogP contribution in [-0.2, 0) is 6.54 Å². The third-order valence-corrected chi connectivity index (χ3v) is 5.14. The maximum atomic E-state index is 5.70. The van der Waals surface area contributed by atoms with Gasteiger partial charge in [0, 0.05) is 5.69 Å². The molecule has 1 aromatic carbocycles. The number of likely N-dealkylation sites (tertiary alicyclic amines) is 1. The number of nitrogens with zero attached hydrogens (tertiary/aromatic N) is 1. The fraction of sp³-hybridized carbons (Fsp3) is 0.450. The molecule has 1 aromatic heterocycles. The van der Waals surface area contributed by atoms with Crippen LogP contribution in [0.3, 0.4) is 0 Å².